The number of hydrogen-bond acceptors (Lipinski definition) is 4. The molecule has 0 bridgehead atoms. The average Bonchev–Trinajstić information content (AvgIpc) is 2.34. The molecule has 0 aliphatic rings. The topological polar surface area (TPSA) is 37.8 Å². The molecule has 5 heteroatoms. The van der Waals surface area contributed by atoms with Gasteiger partial charge in [-0.05, 0) is 26.0 Å². The fourth-order valence-electron chi connectivity index (χ4n) is 1.46. The van der Waals surface area contributed by atoms with Crippen LogP contribution in [0.15, 0.2) is 40.4 Å². The highest BCUT2D eigenvalue weighted by atomic mass is 32.2. The monoisotopic (exact) mass is 263 g/mol. The Bertz CT molecular complexity index is 546. The Balaban J connectivity index is 2.25. The quantitative estimate of drug-likeness (QED) is 0.857. The van der Waals surface area contributed by atoms with E-state index in [0.29, 0.717) is 17.5 Å². The van der Waals surface area contributed by atoms with Crippen LogP contribution in [0.5, 0.6) is 0 Å². The lowest BCUT2D eigenvalue weighted by Gasteiger charge is -2.06. The molecule has 0 radical (unpaired) electrons. The van der Waals surface area contributed by atoms with E-state index in [9.17, 15) is 4.39 Å². The predicted octanol–water partition coefficient (Wildman–Crippen LogP) is 3.51. The van der Waals surface area contributed by atoms with E-state index in [0.717, 1.165) is 10.5 Å². The second kappa shape index (κ2) is 5.82. The lowest BCUT2D eigenvalue weighted by Crippen LogP contribution is -2.03. The molecule has 1 heterocycles. The lowest BCUT2D eigenvalue weighted by molar-refractivity contribution is 0.580. The van der Waals surface area contributed by atoms with Crippen LogP contribution in [0.2, 0.25) is 0 Å². The molecule has 0 fully saturated rings. The molecule has 1 N–H and O–H groups in total. The van der Waals surface area contributed by atoms with Gasteiger partial charge in [-0.15, -0.1) is 0 Å². The van der Waals surface area contributed by atoms with Gasteiger partial charge in [0.25, 0.3) is 0 Å². The van der Waals surface area contributed by atoms with E-state index in [1.807, 2.05) is 38.1 Å². The largest absolute Gasteiger partial charge is 0.354 e. The fourth-order valence-corrected chi connectivity index (χ4v) is 2.35. The van der Waals surface area contributed by atoms with Gasteiger partial charge in [0.15, 0.2) is 5.82 Å². The van der Waals surface area contributed by atoms with Crippen molar-refractivity contribution in [3.8, 4) is 0 Å². The summed E-state index contributed by atoms with van der Waals surface area (Å²) in [6, 6.07) is 7.89. The van der Waals surface area contributed by atoms with E-state index < -0.39 is 5.82 Å². The summed E-state index contributed by atoms with van der Waals surface area (Å²) < 4.78 is 13.6. The van der Waals surface area contributed by atoms with Gasteiger partial charge in [-0.2, -0.15) is 0 Å². The summed E-state index contributed by atoms with van der Waals surface area (Å²) in [6.45, 7) is 4.66. The number of aromatic nitrogens is 2. The molecule has 18 heavy (non-hydrogen) atoms. The Kier molecular flexibility index (Phi) is 4.15. The zero-order valence-electron chi connectivity index (χ0n) is 10.3. The van der Waals surface area contributed by atoms with Gasteiger partial charge >= 0.3 is 0 Å². The lowest BCUT2D eigenvalue weighted by atomic mass is 10.2. The van der Waals surface area contributed by atoms with Crippen molar-refractivity contribution in [1.82, 2.24) is 9.97 Å². The molecule has 0 saturated heterocycles. The average molecular weight is 263 g/mol. The summed E-state index contributed by atoms with van der Waals surface area (Å²) in [5, 5.41) is 3.31. The summed E-state index contributed by atoms with van der Waals surface area (Å²) in [6.07, 6.45) is 1.20. The Morgan fingerprint density at radius 3 is 2.94 bits per heavy atom. The number of halogens is 1. The van der Waals surface area contributed by atoms with Crippen LogP contribution in [0.3, 0.4) is 0 Å². The molecule has 0 atom stereocenters. The van der Waals surface area contributed by atoms with E-state index >= 15 is 0 Å². The molecule has 94 valence electrons. The van der Waals surface area contributed by atoms with Crippen LogP contribution >= 0.6 is 11.8 Å². The summed E-state index contributed by atoms with van der Waals surface area (Å²) in [7, 11) is 0. The van der Waals surface area contributed by atoms with Crippen molar-refractivity contribution >= 4 is 17.7 Å². The normalized spacial score (nSPS) is 10.4. The van der Waals surface area contributed by atoms with Crippen molar-refractivity contribution in [2.75, 3.05) is 11.9 Å². The van der Waals surface area contributed by atoms with Crippen LogP contribution in [-0.2, 0) is 0 Å². The molecular weight excluding hydrogens is 249 g/mol. The molecule has 2 aromatic rings. The van der Waals surface area contributed by atoms with Crippen molar-refractivity contribution in [2.45, 2.75) is 23.8 Å². The van der Waals surface area contributed by atoms with Gasteiger partial charge in [-0.1, -0.05) is 29.5 Å². The van der Waals surface area contributed by atoms with E-state index in [2.05, 4.69) is 15.3 Å². The van der Waals surface area contributed by atoms with Crippen molar-refractivity contribution in [3.05, 3.63) is 41.8 Å². The minimum atomic E-state index is -0.400. The zero-order valence-corrected chi connectivity index (χ0v) is 11.1. The van der Waals surface area contributed by atoms with E-state index in [1.165, 1.54) is 18.0 Å². The standard InChI is InChI=1S/C13H14FN3S/c1-3-15-13-16-8-11(14)12(17-13)18-10-6-4-5-9(2)7-10/h4-8H,3H2,1-2H3,(H,15,16,17). The van der Waals surface area contributed by atoms with Gasteiger partial charge in [0.2, 0.25) is 5.95 Å². The number of rotatable bonds is 4. The van der Waals surface area contributed by atoms with Crippen molar-refractivity contribution in [1.29, 1.82) is 0 Å². The van der Waals surface area contributed by atoms with Crippen LogP contribution < -0.4 is 5.32 Å². The Morgan fingerprint density at radius 1 is 1.39 bits per heavy atom. The summed E-state index contributed by atoms with van der Waals surface area (Å²) in [5.74, 6) is 0.0530. The van der Waals surface area contributed by atoms with Crippen LogP contribution in [0.4, 0.5) is 10.3 Å². The third-order valence-corrected chi connectivity index (χ3v) is 3.22. The summed E-state index contributed by atoms with van der Waals surface area (Å²) in [4.78, 5) is 9.00. The predicted molar refractivity (Wildman–Crippen MR) is 71.5 cm³/mol. The van der Waals surface area contributed by atoms with Crippen molar-refractivity contribution in [3.63, 3.8) is 0 Å². The van der Waals surface area contributed by atoms with Gasteiger partial charge < -0.3 is 5.32 Å². The zero-order chi connectivity index (χ0) is 13.0. The molecule has 3 nitrogen and oxygen atoms in total. The maximum absolute atomic E-state index is 13.6. The number of aryl methyl sites for hydroxylation is 1. The Morgan fingerprint density at radius 2 is 2.22 bits per heavy atom. The maximum atomic E-state index is 13.6. The molecule has 1 aromatic heterocycles. The van der Waals surface area contributed by atoms with Crippen molar-refractivity contribution in [2.24, 2.45) is 0 Å². The molecule has 0 aliphatic carbocycles. The third kappa shape index (κ3) is 3.20. The van der Waals surface area contributed by atoms with E-state index in [-0.39, 0.29) is 0 Å². The number of benzene rings is 1. The highest BCUT2D eigenvalue weighted by Gasteiger charge is 2.08. The number of nitrogens with zero attached hydrogens (tertiary/aromatic N) is 2. The van der Waals surface area contributed by atoms with Crippen molar-refractivity contribution < 1.29 is 4.39 Å². The molecule has 0 saturated carbocycles. The van der Waals surface area contributed by atoms with Crippen LogP contribution in [0.25, 0.3) is 0 Å². The number of hydrogen-bond donors (Lipinski definition) is 1. The van der Waals surface area contributed by atoms with Crippen LogP contribution in [0.1, 0.15) is 12.5 Å². The Labute approximate surface area is 110 Å². The maximum Gasteiger partial charge on any atom is 0.223 e. The van der Waals surface area contributed by atoms with Crippen LogP contribution in [-0.4, -0.2) is 16.5 Å². The van der Waals surface area contributed by atoms with Gasteiger partial charge in [0, 0.05) is 11.4 Å². The minimum absolute atomic E-state index is 0.339. The molecular formula is C13H14FN3S. The molecule has 2 rings (SSSR count). The minimum Gasteiger partial charge on any atom is -0.354 e. The smallest absolute Gasteiger partial charge is 0.223 e. The summed E-state index contributed by atoms with van der Waals surface area (Å²) in [5.41, 5.74) is 1.14. The first-order valence-corrected chi connectivity index (χ1v) is 6.51. The third-order valence-electron chi connectivity index (χ3n) is 2.25. The molecule has 1 aromatic carbocycles. The molecule has 0 amide bonds. The molecule has 0 aliphatic heterocycles. The van der Waals surface area contributed by atoms with Gasteiger partial charge in [-0.3, -0.25) is 0 Å². The Hall–Kier alpha value is -1.62. The molecule has 0 spiro atoms. The van der Waals surface area contributed by atoms with E-state index in [4.69, 9.17) is 0 Å². The molecule has 0 unspecified atom stereocenters. The summed E-state index contributed by atoms with van der Waals surface area (Å²) >= 11 is 1.30. The number of anilines is 1. The van der Waals surface area contributed by atoms with Gasteiger partial charge in [0.05, 0.1) is 6.20 Å². The van der Waals surface area contributed by atoms with Crippen LogP contribution in [0, 0.1) is 12.7 Å². The van der Waals surface area contributed by atoms with Gasteiger partial charge in [-0.25, -0.2) is 14.4 Å². The highest BCUT2D eigenvalue weighted by Crippen LogP contribution is 2.28. The second-order valence-electron chi connectivity index (χ2n) is 3.80. The first kappa shape index (κ1) is 12.8. The van der Waals surface area contributed by atoms with E-state index in [1.54, 1.807) is 0 Å². The van der Waals surface area contributed by atoms with Gasteiger partial charge in [0.1, 0.15) is 5.03 Å². The second-order valence-corrected chi connectivity index (χ2v) is 4.86. The highest BCUT2D eigenvalue weighted by molar-refractivity contribution is 7.99. The first-order chi connectivity index (χ1) is 8.69. The SMILES string of the molecule is CCNc1ncc(F)c(Sc2cccc(C)c2)n1. The number of nitrogens with one attached hydrogen (secondary N) is 1. The first-order valence-electron chi connectivity index (χ1n) is 5.70. The fraction of sp³-hybridized carbons (Fsp3) is 0.231.